The molecule has 0 aromatic heterocycles. The summed E-state index contributed by atoms with van der Waals surface area (Å²) in [4.78, 5) is 13.3. The molecule has 0 aliphatic rings. The van der Waals surface area contributed by atoms with Crippen molar-refractivity contribution in [3.63, 3.8) is 0 Å². The molecule has 0 spiro atoms. The second-order valence-electron chi connectivity index (χ2n) is 4.18. The van der Waals surface area contributed by atoms with Gasteiger partial charge in [0.1, 0.15) is 0 Å². The Morgan fingerprint density at radius 3 is 2.84 bits per heavy atom. The Balaban J connectivity index is 2.57. The minimum absolute atomic E-state index is 0.161. The second-order valence-corrected chi connectivity index (χ2v) is 5.04. The van der Waals surface area contributed by atoms with E-state index in [-0.39, 0.29) is 19.1 Å². The van der Waals surface area contributed by atoms with E-state index < -0.39 is 6.10 Å². The van der Waals surface area contributed by atoms with Gasteiger partial charge in [-0.15, -0.1) is 0 Å². The van der Waals surface area contributed by atoms with Crippen LogP contribution < -0.4 is 0 Å². The third kappa shape index (κ3) is 5.55. The lowest BCUT2D eigenvalue weighted by molar-refractivity contribution is -0.126. The van der Waals surface area contributed by atoms with Crippen molar-refractivity contribution in [1.82, 2.24) is 4.90 Å². The zero-order valence-corrected chi connectivity index (χ0v) is 12.6. The van der Waals surface area contributed by atoms with Crippen LogP contribution in [0.25, 0.3) is 6.08 Å². The highest BCUT2D eigenvalue weighted by molar-refractivity contribution is 9.10. The fraction of sp³-hybridized carbons (Fsp3) is 0.357. The molecule has 1 N–H and O–H groups in total. The molecule has 1 rings (SSSR count). The van der Waals surface area contributed by atoms with Crippen molar-refractivity contribution in [3.05, 3.63) is 40.4 Å². The summed E-state index contributed by atoms with van der Waals surface area (Å²) >= 11 is 3.41. The van der Waals surface area contributed by atoms with Gasteiger partial charge in [0.15, 0.2) is 0 Å². The fourth-order valence-corrected chi connectivity index (χ4v) is 1.97. The second kappa shape index (κ2) is 8.09. The maximum absolute atomic E-state index is 11.8. The molecule has 0 radical (unpaired) electrons. The van der Waals surface area contributed by atoms with Gasteiger partial charge in [0.2, 0.25) is 5.91 Å². The van der Waals surface area contributed by atoms with Gasteiger partial charge in [-0.25, -0.2) is 0 Å². The predicted octanol–water partition coefficient (Wildman–Crippen LogP) is 1.93. The molecule has 4 nitrogen and oxygen atoms in total. The zero-order valence-electron chi connectivity index (χ0n) is 11.0. The van der Waals surface area contributed by atoms with Gasteiger partial charge in [0, 0.05) is 31.3 Å². The largest absolute Gasteiger partial charge is 0.389 e. The molecule has 104 valence electrons. The number of carbonyl (C=O) groups excluding carboxylic acids is 1. The average molecular weight is 328 g/mol. The molecule has 0 heterocycles. The van der Waals surface area contributed by atoms with Gasteiger partial charge < -0.3 is 14.7 Å². The highest BCUT2D eigenvalue weighted by Gasteiger charge is 2.11. The minimum atomic E-state index is -0.671. The van der Waals surface area contributed by atoms with E-state index in [0.717, 1.165) is 10.0 Å². The molecule has 19 heavy (non-hydrogen) atoms. The average Bonchev–Trinajstić information content (AvgIpc) is 2.37. The van der Waals surface area contributed by atoms with E-state index in [1.165, 1.54) is 18.1 Å². The molecule has 0 aliphatic carbocycles. The standard InChI is InChI=1S/C14H18BrNO3/c1-16(9-12(17)10-19-2)14(18)8-7-11-5-3-4-6-13(11)15/h3-8,12,17H,9-10H2,1-2H3/b8-7+. The lowest BCUT2D eigenvalue weighted by Crippen LogP contribution is -2.35. The van der Waals surface area contributed by atoms with E-state index in [4.69, 9.17) is 4.74 Å². The summed E-state index contributed by atoms with van der Waals surface area (Å²) in [5.74, 6) is -0.161. The molecule has 0 bridgehead atoms. The lowest BCUT2D eigenvalue weighted by atomic mass is 10.2. The Bertz CT molecular complexity index is 448. The Morgan fingerprint density at radius 1 is 1.53 bits per heavy atom. The highest BCUT2D eigenvalue weighted by Crippen LogP contribution is 2.17. The maximum Gasteiger partial charge on any atom is 0.246 e. The number of ether oxygens (including phenoxy) is 1. The Morgan fingerprint density at radius 2 is 2.21 bits per heavy atom. The molecule has 0 saturated heterocycles. The minimum Gasteiger partial charge on any atom is -0.389 e. The molecule has 0 aliphatic heterocycles. The van der Waals surface area contributed by atoms with Gasteiger partial charge in [0.25, 0.3) is 0 Å². The van der Waals surface area contributed by atoms with Gasteiger partial charge in [-0.3, -0.25) is 4.79 Å². The van der Waals surface area contributed by atoms with Crippen molar-refractivity contribution in [3.8, 4) is 0 Å². The summed E-state index contributed by atoms with van der Waals surface area (Å²) in [6, 6.07) is 7.64. The topological polar surface area (TPSA) is 49.8 Å². The van der Waals surface area contributed by atoms with Gasteiger partial charge >= 0.3 is 0 Å². The monoisotopic (exact) mass is 327 g/mol. The summed E-state index contributed by atoms with van der Waals surface area (Å²) in [5, 5.41) is 9.55. The van der Waals surface area contributed by atoms with E-state index in [9.17, 15) is 9.90 Å². The van der Waals surface area contributed by atoms with Crippen LogP contribution in [0.3, 0.4) is 0 Å². The van der Waals surface area contributed by atoms with E-state index in [1.54, 1.807) is 13.1 Å². The first kappa shape index (κ1) is 15.9. The third-order valence-corrected chi connectivity index (χ3v) is 3.25. The Hall–Kier alpha value is -1.17. The van der Waals surface area contributed by atoms with Crippen LogP contribution in [-0.4, -0.2) is 49.3 Å². The summed E-state index contributed by atoms with van der Waals surface area (Å²) in [5.41, 5.74) is 0.932. The molecule has 1 amide bonds. The third-order valence-electron chi connectivity index (χ3n) is 2.53. The van der Waals surface area contributed by atoms with Crippen LogP contribution in [0.1, 0.15) is 5.56 Å². The number of halogens is 1. The van der Waals surface area contributed by atoms with Crippen molar-refractivity contribution < 1.29 is 14.6 Å². The molecule has 5 heteroatoms. The van der Waals surface area contributed by atoms with E-state index in [2.05, 4.69) is 15.9 Å². The first-order chi connectivity index (χ1) is 9.04. The summed E-state index contributed by atoms with van der Waals surface area (Å²) in [6.07, 6.45) is 2.56. The normalized spacial score (nSPS) is 12.6. The molecule has 1 atom stereocenters. The van der Waals surface area contributed by atoms with E-state index in [0.29, 0.717) is 0 Å². The van der Waals surface area contributed by atoms with Crippen LogP contribution in [0.5, 0.6) is 0 Å². The fourth-order valence-electron chi connectivity index (χ4n) is 1.55. The number of likely N-dealkylation sites (N-methyl/N-ethyl adjacent to an activating group) is 1. The molecule has 1 aromatic rings. The number of benzene rings is 1. The quantitative estimate of drug-likeness (QED) is 0.812. The predicted molar refractivity (Wildman–Crippen MR) is 78.7 cm³/mol. The molecule has 1 aromatic carbocycles. The Labute approximate surface area is 121 Å². The first-order valence-corrected chi connectivity index (χ1v) is 6.68. The number of aliphatic hydroxyl groups excluding tert-OH is 1. The van der Waals surface area contributed by atoms with E-state index >= 15 is 0 Å². The van der Waals surface area contributed by atoms with Gasteiger partial charge in [0.05, 0.1) is 12.7 Å². The van der Waals surface area contributed by atoms with Gasteiger partial charge in [-0.2, -0.15) is 0 Å². The summed E-state index contributed by atoms with van der Waals surface area (Å²) < 4.78 is 5.75. The van der Waals surface area contributed by atoms with Crippen LogP contribution in [0.2, 0.25) is 0 Å². The summed E-state index contributed by atoms with van der Waals surface area (Å²) in [6.45, 7) is 0.457. The molecule has 0 fully saturated rings. The lowest BCUT2D eigenvalue weighted by Gasteiger charge is -2.18. The molecular weight excluding hydrogens is 310 g/mol. The smallest absolute Gasteiger partial charge is 0.246 e. The number of amides is 1. The van der Waals surface area contributed by atoms with Crippen LogP contribution in [-0.2, 0) is 9.53 Å². The molecule has 0 saturated carbocycles. The van der Waals surface area contributed by atoms with Crippen LogP contribution in [0, 0.1) is 0 Å². The number of aliphatic hydroxyl groups is 1. The van der Waals surface area contributed by atoms with Crippen molar-refractivity contribution >= 4 is 27.9 Å². The number of rotatable bonds is 6. The van der Waals surface area contributed by atoms with Crippen molar-refractivity contribution in [2.45, 2.75) is 6.10 Å². The Kier molecular flexibility index (Phi) is 6.77. The van der Waals surface area contributed by atoms with Crippen molar-refractivity contribution in [2.24, 2.45) is 0 Å². The van der Waals surface area contributed by atoms with Gasteiger partial charge in [-0.1, -0.05) is 34.1 Å². The highest BCUT2D eigenvalue weighted by atomic mass is 79.9. The van der Waals surface area contributed by atoms with Crippen LogP contribution >= 0.6 is 15.9 Å². The number of carbonyl (C=O) groups is 1. The zero-order chi connectivity index (χ0) is 14.3. The number of nitrogens with zero attached hydrogens (tertiary/aromatic N) is 1. The number of methoxy groups -OCH3 is 1. The number of hydrogen-bond acceptors (Lipinski definition) is 3. The van der Waals surface area contributed by atoms with Crippen LogP contribution in [0.15, 0.2) is 34.8 Å². The number of hydrogen-bond donors (Lipinski definition) is 1. The SMILES string of the molecule is COCC(O)CN(C)C(=O)/C=C/c1ccccc1Br. The van der Waals surface area contributed by atoms with Crippen molar-refractivity contribution in [1.29, 1.82) is 0 Å². The first-order valence-electron chi connectivity index (χ1n) is 5.89. The summed E-state index contributed by atoms with van der Waals surface area (Å²) in [7, 11) is 3.16. The molecule has 1 unspecified atom stereocenters. The van der Waals surface area contributed by atoms with Crippen LogP contribution in [0.4, 0.5) is 0 Å². The van der Waals surface area contributed by atoms with Crippen molar-refractivity contribution in [2.75, 3.05) is 27.3 Å². The van der Waals surface area contributed by atoms with E-state index in [1.807, 2.05) is 24.3 Å². The maximum atomic E-state index is 11.8. The molecular formula is C14H18BrNO3. The van der Waals surface area contributed by atoms with Gasteiger partial charge in [-0.05, 0) is 17.7 Å².